The van der Waals surface area contributed by atoms with Gasteiger partial charge in [-0.1, -0.05) is 0 Å². The lowest BCUT2D eigenvalue weighted by Gasteiger charge is -2.16. The topological polar surface area (TPSA) is 75.6 Å². The van der Waals surface area contributed by atoms with Gasteiger partial charge in [0.15, 0.2) is 0 Å². The lowest BCUT2D eigenvalue weighted by atomic mass is 10.1. The van der Waals surface area contributed by atoms with Gasteiger partial charge >= 0.3 is 5.97 Å². The summed E-state index contributed by atoms with van der Waals surface area (Å²) in [6.45, 7) is 2.04. The van der Waals surface area contributed by atoms with E-state index in [1.54, 1.807) is 6.92 Å². The number of methoxy groups -OCH3 is 1. The Bertz CT molecular complexity index is 449. The molecule has 1 aromatic rings. The summed E-state index contributed by atoms with van der Waals surface area (Å²) in [5.74, 6) is -1.72. The van der Waals surface area contributed by atoms with Gasteiger partial charge in [-0.05, 0) is 35.0 Å². The van der Waals surface area contributed by atoms with Crippen molar-refractivity contribution in [2.24, 2.45) is 0 Å². The van der Waals surface area contributed by atoms with Crippen LogP contribution in [0, 0.1) is 0 Å². The third-order valence-electron chi connectivity index (χ3n) is 2.64. The summed E-state index contributed by atoms with van der Waals surface area (Å²) >= 11 is 4.80. The predicted molar refractivity (Wildman–Crippen MR) is 76.5 cm³/mol. The Balaban J connectivity index is 2.63. The van der Waals surface area contributed by atoms with E-state index >= 15 is 0 Å². The van der Waals surface area contributed by atoms with Crippen LogP contribution in [0.25, 0.3) is 0 Å². The number of aliphatic carboxylic acids is 1. The SMILES string of the molecule is COCCC(NC(=O)C(C)c1ccc(Br)s1)C(=O)O. The van der Waals surface area contributed by atoms with Crippen LogP contribution in [0.2, 0.25) is 0 Å². The first-order valence-corrected chi connectivity index (χ1v) is 7.34. The van der Waals surface area contributed by atoms with Crippen LogP contribution >= 0.6 is 27.3 Å². The Hall–Kier alpha value is -0.920. The van der Waals surface area contributed by atoms with Crippen LogP contribution in [0.3, 0.4) is 0 Å². The molecule has 0 aliphatic heterocycles. The molecular weight excluding hydrogens is 334 g/mol. The minimum Gasteiger partial charge on any atom is -0.480 e. The fourth-order valence-electron chi connectivity index (χ4n) is 1.48. The summed E-state index contributed by atoms with van der Waals surface area (Å²) in [6.07, 6.45) is 0.248. The van der Waals surface area contributed by atoms with Crippen molar-refractivity contribution in [3.05, 3.63) is 20.8 Å². The highest BCUT2D eigenvalue weighted by molar-refractivity contribution is 9.11. The van der Waals surface area contributed by atoms with Gasteiger partial charge in [-0.2, -0.15) is 0 Å². The van der Waals surface area contributed by atoms with E-state index in [2.05, 4.69) is 21.2 Å². The maximum Gasteiger partial charge on any atom is 0.326 e. The highest BCUT2D eigenvalue weighted by atomic mass is 79.9. The molecule has 2 atom stereocenters. The number of hydrogen-bond donors (Lipinski definition) is 2. The Kier molecular flexibility index (Phi) is 6.47. The second kappa shape index (κ2) is 7.62. The normalized spacial score (nSPS) is 13.8. The van der Waals surface area contributed by atoms with Gasteiger partial charge in [-0.25, -0.2) is 4.79 Å². The van der Waals surface area contributed by atoms with Crippen molar-refractivity contribution in [1.29, 1.82) is 0 Å². The zero-order chi connectivity index (χ0) is 14.4. The molecule has 1 heterocycles. The number of carbonyl (C=O) groups is 2. The standard InChI is InChI=1S/C12H16BrNO4S/c1-7(9-3-4-10(13)19-9)11(15)14-8(12(16)17)5-6-18-2/h3-4,7-8H,5-6H2,1-2H3,(H,14,15)(H,16,17). The number of ether oxygens (including phenoxy) is 1. The Morgan fingerprint density at radius 1 is 1.53 bits per heavy atom. The van der Waals surface area contributed by atoms with Crippen LogP contribution in [-0.4, -0.2) is 36.7 Å². The monoisotopic (exact) mass is 349 g/mol. The molecule has 106 valence electrons. The molecule has 1 amide bonds. The highest BCUT2D eigenvalue weighted by Gasteiger charge is 2.24. The van der Waals surface area contributed by atoms with E-state index in [1.807, 2.05) is 12.1 Å². The van der Waals surface area contributed by atoms with E-state index in [0.29, 0.717) is 0 Å². The zero-order valence-electron chi connectivity index (χ0n) is 10.7. The van der Waals surface area contributed by atoms with Crippen molar-refractivity contribution >= 4 is 39.1 Å². The average Bonchev–Trinajstić information content (AvgIpc) is 2.79. The quantitative estimate of drug-likeness (QED) is 0.791. The van der Waals surface area contributed by atoms with Crippen molar-refractivity contribution < 1.29 is 19.4 Å². The highest BCUT2D eigenvalue weighted by Crippen LogP contribution is 2.28. The molecule has 1 aromatic heterocycles. The molecule has 0 spiro atoms. The molecule has 2 unspecified atom stereocenters. The summed E-state index contributed by atoms with van der Waals surface area (Å²) in [5.41, 5.74) is 0. The molecule has 0 aliphatic carbocycles. The second-order valence-electron chi connectivity index (χ2n) is 4.04. The zero-order valence-corrected chi connectivity index (χ0v) is 13.1. The molecule has 7 heteroatoms. The molecule has 1 rings (SSSR count). The number of thiophene rings is 1. The van der Waals surface area contributed by atoms with Crippen LogP contribution in [0.1, 0.15) is 24.1 Å². The smallest absolute Gasteiger partial charge is 0.326 e. The maximum atomic E-state index is 12.0. The first kappa shape index (κ1) is 16.1. The fraction of sp³-hybridized carbons (Fsp3) is 0.500. The Labute approximate surface area is 124 Å². The van der Waals surface area contributed by atoms with Crippen LogP contribution < -0.4 is 5.32 Å². The molecule has 19 heavy (non-hydrogen) atoms. The van der Waals surface area contributed by atoms with Gasteiger partial charge in [0.25, 0.3) is 0 Å². The lowest BCUT2D eigenvalue weighted by Crippen LogP contribution is -2.43. The number of nitrogens with one attached hydrogen (secondary N) is 1. The van der Waals surface area contributed by atoms with E-state index < -0.39 is 12.0 Å². The van der Waals surface area contributed by atoms with Gasteiger partial charge < -0.3 is 15.2 Å². The summed E-state index contributed by atoms with van der Waals surface area (Å²) in [5, 5.41) is 11.6. The van der Waals surface area contributed by atoms with Crippen molar-refractivity contribution in [3.8, 4) is 0 Å². The van der Waals surface area contributed by atoms with Crippen LogP contribution in [0.15, 0.2) is 15.9 Å². The fourth-order valence-corrected chi connectivity index (χ4v) is 2.95. The Morgan fingerprint density at radius 2 is 2.21 bits per heavy atom. The predicted octanol–water partition coefficient (Wildman–Crippen LogP) is 2.22. The van der Waals surface area contributed by atoms with E-state index in [4.69, 9.17) is 9.84 Å². The number of amides is 1. The molecule has 5 nitrogen and oxygen atoms in total. The molecule has 0 fully saturated rings. The van der Waals surface area contributed by atoms with Crippen molar-refractivity contribution in [1.82, 2.24) is 5.32 Å². The number of carboxylic acid groups (broad SMARTS) is 1. The van der Waals surface area contributed by atoms with Gasteiger partial charge in [0.1, 0.15) is 6.04 Å². The van der Waals surface area contributed by atoms with Crippen LogP contribution in [-0.2, 0) is 14.3 Å². The number of carboxylic acids is 1. The van der Waals surface area contributed by atoms with Crippen molar-refractivity contribution in [3.63, 3.8) is 0 Å². The number of carbonyl (C=O) groups excluding carboxylic acids is 1. The molecule has 0 radical (unpaired) electrons. The Morgan fingerprint density at radius 3 is 2.68 bits per heavy atom. The lowest BCUT2D eigenvalue weighted by molar-refractivity contribution is -0.142. The molecule has 0 bridgehead atoms. The summed E-state index contributed by atoms with van der Waals surface area (Å²) in [6, 6.07) is 2.80. The molecule has 0 aromatic carbocycles. The van der Waals surface area contributed by atoms with Crippen molar-refractivity contribution in [2.45, 2.75) is 25.3 Å². The summed E-state index contributed by atoms with van der Waals surface area (Å²) in [4.78, 5) is 23.9. The number of hydrogen-bond acceptors (Lipinski definition) is 4. The summed E-state index contributed by atoms with van der Waals surface area (Å²) in [7, 11) is 1.49. The van der Waals surface area contributed by atoms with Gasteiger partial charge in [-0.15, -0.1) is 11.3 Å². The number of rotatable bonds is 7. The van der Waals surface area contributed by atoms with Crippen molar-refractivity contribution in [2.75, 3.05) is 13.7 Å². The van der Waals surface area contributed by atoms with E-state index in [9.17, 15) is 9.59 Å². The van der Waals surface area contributed by atoms with Gasteiger partial charge in [0, 0.05) is 25.0 Å². The molecule has 0 saturated carbocycles. The van der Waals surface area contributed by atoms with E-state index in [0.717, 1.165) is 8.66 Å². The second-order valence-corrected chi connectivity index (χ2v) is 6.54. The number of halogens is 1. The van der Waals surface area contributed by atoms with Gasteiger partial charge in [0.2, 0.25) is 5.91 Å². The molecule has 0 saturated heterocycles. The van der Waals surface area contributed by atoms with Crippen LogP contribution in [0.4, 0.5) is 0 Å². The minimum atomic E-state index is -1.05. The minimum absolute atomic E-state index is 0.248. The maximum absolute atomic E-state index is 12.0. The van der Waals surface area contributed by atoms with Gasteiger partial charge in [-0.3, -0.25) is 4.79 Å². The molecular formula is C12H16BrNO4S. The first-order valence-electron chi connectivity index (χ1n) is 5.73. The first-order chi connectivity index (χ1) is 8.95. The van der Waals surface area contributed by atoms with Crippen LogP contribution in [0.5, 0.6) is 0 Å². The largest absolute Gasteiger partial charge is 0.480 e. The molecule has 0 aliphatic rings. The average molecular weight is 350 g/mol. The summed E-state index contributed by atoms with van der Waals surface area (Å²) < 4.78 is 5.77. The third-order valence-corrected chi connectivity index (χ3v) is 4.45. The third kappa shape index (κ3) is 4.93. The van der Waals surface area contributed by atoms with E-state index in [-0.39, 0.29) is 24.9 Å². The molecule has 2 N–H and O–H groups in total. The van der Waals surface area contributed by atoms with E-state index in [1.165, 1.54) is 18.4 Å². The van der Waals surface area contributed by atoms with Gasteiger partial charge in [0.05, 0.1) is 9.70 Å².